The van der Waals surface area contributed by atoms with Crippen LogP contribution in [-0.4, -0.2) is 36.8 Å². The van der Waals surface area contributed by atoms with Crippen LogP contribution in [0.5, 0.6) is 0 Å². The minimum atomic E-state index is -0.242. The van der Waals surface area contributed by atoms with Gasteiger partial charge in [-0.05, 0) is 29.9 Å². The van der Waals surface area contributed by atoms with E-state index >= 15 is 0 Å². The second kappa shape index (κ2) is 5.84. The molecule has 0 radical (unpaired) electrons. The fourth-order valence-electron chi connectivity index (χ4n) is 2.38. The lowest BCUT2D eigenvalue weighted by atomic mass is 10.1. The van der Waals surface area contributed by atoms with Gasteiger partial charge in [0.2, 0.25) is 0 Å². The maximum Gasteiger partial charge on any atom is 0.414 e. The van der Waals surface area contributed by atoms with Crippen molar-refractivity contribution in [3.8, 4) is 0 Å². The first-order valence-corrected chi connectivity index (χ1v) is 7.83. The molecule has 0 aromatic heterocycles. The molecular weight excluding hydrogens is 260 g/mol. The monoisotopic (exact) mass is 278 g/mol. The number of thioether (sulfide) groups is 1. The van der Waals surface area contributed by atoms with Crippen LogP contribution in [0.25, 0.3) is 0 Å². The second-order valence-corrected chi connectivity index (χ2v) is 6.02. The van der Waals surface area contributed by atoms with Crippen LogP contribution in [0.1, 0.15) is 12.0 Å². The van der Waals surface area contributed by atoms with Gasteiger partial charge < -0.3 is 10.1 Å². The number of amides is 1. The van der Waals surface area contributed by atoms with Gasteiger partial charge in [-0.3, -0.25) is 4.90 Å². The van der Waals surface area contributed by atoms with Gasteiger partial charge in [0.15, 0.2) is 0 Å². The molecule has 5 heteroatoms. The van der Waals surface area contributed by atoms with Crippen molar-refractivity contribution in [2.24, 2.45) is 0 Å². The van der Waals surface area contributed by atoms with Crippen LogP contribution in [0.2, 0.25) is 0 Å². The van der Waals surface area contributed by atoms with E-state index in [0.29, 0.717) is 19.2 Å². The summed E-state index contributed by atoms with van der Waals surface area (Å²) in [5.41, 5.74) is 2.18. The van der Waals surface area contributed by atoms with Crippen LogP contribution < -0.4 is 10.2 Å². The highest BCUT2D eigenvalue weighted by Gasteiger charge is 2.23. The molecular formula is C14H18N2O2S. The summed E-state index contributed by atoms with van der Waals surface area (Å²) in [6.07, 6.45) is 1.02. The predicted molar refractivity (Wildman–Crippen MR) is 77.7 cm³/mol. The summed E-state index contributed by atoms with van der Waals surface area (Å²) in [4.78, 5) is 13.1. The Morgan fingerprint density at radius 3 is 2.84 bits per heavy atom. The van der Waals surface area contributed by atoms with Gasteiger partial charge in [0.1, 0.15) is 6.61 Å². The summed E-state index contributed by atoms with van der Waals surface area (Å²) in [6, 6.07) is 8.80. The molecule has 1 atom stereocenters. The molecule has 3 rings (SSSR count). The summed E-state index contributed by atoms with van der Waals surface area (Å²) >= 11 is 2.02. The molecule has 2 heterocycles. The van der Waals surface area contributed by atoms with Crippen molar-refractivity contribution in [1.82, 2.24) is 5.32 Å². The summed E-state index contributed by atoms with van der Waals surface area (Å²) in [5, 5.41) is 3.57. The van der Waals surface area contributed by atoms with Crippen LogP contribution in [0.3, 0.4) is 0 Å². The number of anilines is 1. The largest absolute Gasteiger partial charge is 0.447 e. The van der Waals surface area contributed by atoms with Crippen molar-refractivity contribution >= 4 is 23.5 Å². The molecule has 4 nitrogen and oxygen atoms in total. The number of hydrogen-bond donors (Lipinski definition) is 1. The van der Waals surface area contributed by atoms with Crippen molar-refractivity contribution < 1.29 is 9.53 Å². The Morgan fingerprint density at radius 2 is 2.21 bits per heavy atom. The highest BCUT2D eigenvalue weighted by Crippen LogP contribution is 2.20. The lowest BCUT2D eigenvalue weighted by molar-refractivity contribution is 0.181. The Kier molecular flexibility index (Phi) is 3.94. The molecule has 2 aliphatic heterocycles. The Hall–Kier alpha value is -1.20. The van der Waals surface area contributed by atoms with E-state index < -0.39 is 0 Å². The molecule has 2 saturated heterocycles. The maximum absolute atomic E-state index is 11.4. The van der Waals surface area contributed by atoms with Gasteiger partial charge in [-0.15, -0.1) is 0 Å². The Bertz CT molecular complexity index is 443. The van der Waals surface area contributed by atoms with Gasteiger partial charge in [-0.1, -0.05) is 12.1 Å². The minimum absolute atomic E-state index is 0.242. The summed E-state index contributed by atoms with van der Waals surface area (Å²) in [7, 11) is 0. The lowest BCUT2D eigenvalue weighted by Gasteiger charge is -2.14. The second-order valence-electron chi connectivity index (χ2n) is 4.87. The van der Waals surface area contributed by atoms with Crippen molar-refractivity contribution in [2.75, 3.05) is 29.6 Å². The van der Waals surface area contributed by atoms with Gasteiger partial charge in [-0.25, -0.2) is 4.79 Å². The SMILES string of the molecule is O=C1OCCN1c1ccc(CN[C@@H]2CCSC2)cc1. The van der Waals surface area contributed by atoms with E-state index in [9.17, 15) is 4.79 Å². The maximum atomic E-state index is 11.4. The number of cyclic esters (lactones) is 1. The fourth-order valence-corrected chi connectivity index (χ4v) is 3.57. The number of benzene rings is 1. The number of carbonyl (C=O) groups is 1. The molecule has 0 unspecified atom stereocenters. The van der Waals surface area contributed by atoms with Crippen LogP contribution >= 0.6 is 11.8 Å². The third-order valence-corrected chi connectivity index (χ3v) is 4.70. The molecule has 0 aliphatic carbocycles. The first-order valence-electron chi connectivity index (χ1n) is 6.67. The van der Waals surface area contributed by atoms with Crippen molar-refractivity contribution in [3.63, 3.8) is 0 Å². The number of carbonyl (C=O) groups excluding carboxylic acids is 1. The fraction of sp³-hybridized carbons (Fsp3) is 0.500. The molecule has 1 amide bonds. The van der Waals surface area contributed by atoms with E-state index in [4.69, 9.17) is 4.74 Å². The third-order valence-electron chi connectivity index (χ3n) is 3.53. The number of nitrogens with zero attached hydrogens (tertiary/aromatic N) is 1. The van der Waals surface area contributed by atoms with E-state index in [1.165, 1.54) is 23.5 Å². The molecule has 0 spiro atoms. The van der Waals surface area contributed by atoms with E-state index in [1.54, 1.807) is 4.90 Å². The van der Waals surface area contributed by atoms with Gasteiger partial charge in [0.25, 0.3) is 0 Å². The molecule has 0 bridgehead atoms. The lowest BCUT2D eigenvalue weighted by Crippen LogP contribution is -2.28. The number of ether oxygens (including phenoxy) is 1. The quantitative estimate of drug-likeness (QED) is 0.917. The van der Waals surface area contributed by atoms with Crippen LogP contribution in [-0.2, 0) is 11.3 Å². The van der Waals surface area contributed by atoms with E-state index in [2.05, 4.69) is 17.4 Å². The zero-order valence-corrected chi connectivity index (χ0v) is 11.6. The summed E-state index contributed by atoms with van der Waals surface area (Å²) < 4.78 is 4.94. The zero-order chi connectivity index (χ0) is 13.1. The average molecular weight is 278 g/mol. The number of rotatable bonds is 4. The summed E-state index contributed by atoms with van der Waals surface area (Å²) in [6.45, 7) is 2.03. The van der Waals surface area contributed by atoms with Crippen molar-refractivity contribution in [1.29, 1.82) is 0 Å². The Morgan fingerprint density at radius 1 is 1.37 bits per heavy atom. The predicted octanol–water partition coefficient (Wildman–Crippen LogP) is 2.24. The third kappa shape index (κ3) is 3.04. The molecule has 1 aromatic rings. The first-order chi connectivity index (χ1) is 9.33. The molecule has 2 aliphatic rings. The normalized spacial score (nSPS) is 22.8. The van der Waals surface area contributed by atoms with Crippen LogP contribution in [0.15, 0.2) is 24.3 Å². The van der Waals surface area contributed by atoms with Crippen LogP contribution in [0, 0.1) is 0 Å². The van der Waals surface area contributed by atoms with E-state index in [0.717, 1.165) is 12.2 Å². The Labute approximate surface area is 117 Å². The van der Waals surface area contributed by atoms with Gasteiger partial charge in [-0.2, -0.15) is 11.8 Å². The average Bonchev–Trinajstić information content (AvgIpc) is 3.08. The van der Waals surface area contributed by atoms with Crippen molar-refractivity contribution in [2.45, 2.75) is 19.0 Å². The molecule has 102 valence electrons. The highest BCUT2D eigenvalue weighted by molar-refractivity contribution is 7.99. The molecule has 19 heavy (non-hydrogen) atoms. The smallest absolute Gasteiger partial charge is 0.414 e. The first kappa shape index (κ1) is 12.8. The van der Waals surface area contributed by atoms with Gasteiger partial charge in [0, 0.05) is 24.0 Å². The summed E-state index contributed by atoms with van der Waals surface area (Å²) in [5.74, 6) is 2.49. The number of nitrogens with one attached hydrogen (secondary N) is 1. The van der Waals surface area contributed by atoms with Gasteiger partial charge >= 0.3 is 6.09 Å². The molecule has 2 fully saturated rings. The highest BCUT2D eigenvalue weighted by atomic mass is 32.2. The number of hydrogen-bond acceptors (Lipinski definition) is 4. The molecule has 1 aromatic carbocycles. The standard InChI is InChI=1S/C14H18N2O2S/c17-14-16(6-7-18-14)13-3-1-11(2-4-13)9-15-12-5-8-19-10-12/h1-4,12,15H,5-10H2/t12-/m1/s1. The molecule has 0 saturated carbocycles. The van der Waals surface area contributed by atoms with Gasteiger partial charge in [0.05, 0.1) is 6.54 Å². The van der Waals surface area contributed by atoms with Crippen LogP contribution in [0.4, 0.5) is 10.5 Å². The van der Waals surface area contributed by atoms with E-state index in [-0.39, 0.29) is 6.09 Å². The van der Waals surface area contributed by atoms with Crippen molar-refractivity contribution in [3.05, 3.63) is 29.8 Å². The minimum Gasteiger partial charge on any atom is -0.447 e. The van der Waals surface area contributed by atoms with E-state index in [1.807, 2.05) is 23.9 Å². The zero-order valence-electron chi connectivity index (χ0n) is 10.8. The Balaban J connectivity index is 1.57. The molecule has 1 N–H and O–H groups in total. The topological polar surface area (TPSA) is 41.6 Å².